The third-order valence-corrected chi connectivity index (χ3v) is 10.8. The number of benzene rings is 2. The van der Waals surface area contributed by atoms with Crippen LogP contribution in [0.25, 0.3) is 10.9 Å². The number of fused-ring (bicyclic) bond motifs is 1. The van der Waals surface area contributed by atoms with Crippen LogP contribution < -0.4 is 4.74 Å². The summed E-state index contributed by atoms with van der Waals surface area (Å²) < 4.78 is 69.7. The lowest BCUT2D eigenvalue weighted by Gasteiger charge is -2.32. The van der Waals surface area contributed by atoms with E-state index in [0.717, 1.165) is 20.8 Å². The van der Waals surface area contributed by atoms with E-state index in [1.54, 1.807) is 33.9 Å². The molecular formula is C37H49N3O12S. The van der Waals surface area contributed by atoms with Crippen LogP contribution in [-0.2, 0) is 43.2 Å². The average molecular weight is 760 g/mol. The maximum atomic E-state index is 14.2. The molecule has 1 aromatic heterocycles. The molecule has 2 aliphatic rings. The van der Waals surface area contributed by atoms with E-state index in [4.69, 9.17) is 33.2 Å². The van der Waals surface area contributed by atoms with Crippen molar-refractivity contribution in [3.63, 3.8) is 0 Å². The van der Waals surface area contributed by atoms with Gasteiger partial charge in [0.25, 0.3) is 5.91 Å². The van der Waals surface area contributed by atoms with Crippen molar-refractivity contribution in [1.82, 2.24) is 13.8 Å². The Balaban J connectivity index is 1.37. The van der Waals surface area contributed by atoms with E-state index in [0.29, 0.717) is 45.4 Å². The fraction of sp³-hybridized carbons (Fsp3) is 0.514. The van der Waals surface area contributed by atoms with E-state index in [1.165, 1.54) is 26.2 Å². The normalized spacial score (nSPS) is 19.9. The predicted molar refractivity (Wildman–Crippen MR) is 193 cm³/mol. The summed E-state index contributed by atoms with van der Waals surface area (Å²) in [6.45, 7) is 4.20. The maximum absolute atomic E-state index is 14.2. The molecule has 3 heterocycles. The van der Waals surface area contributed by atoms with E-state index >= 15 is 0 Å². The van der Waals surface area contributed by atoms with Crippen LogP contribution in [0.15, 0.2) is 71.5 Å². The lowest BCUT2D eigenvalue weighted by molar-refractivity contribution is -0.153. The van der Waals surface area contributed by atoms with Gasteiger partial charge in [-0.25, -0.2) is 8.42 Å². The van der Waals surface area contributed by atoms with Gasteiger partial charge in [-0.3, -0.25) is 14.2 Å². The monoisotopic (exact) mass is 759 g/mol. The number of hydrogen-bond donors (Lipinski definition) is 1. The van der Waals surface area contributed by atoms with Crippen LogP contribution in [0.1, 0.15) is 29.6 Å². The van der Waals surface area contributed by atoms with Crippen molar-refractivity contribution in [2.24, 2.45) is 0 Å². The molecular weight excluding hydrogens is 710 g/mol. The van der Waals surface area contributed by atoms with Crippen molar-refractivity contribution >= 4 is 32.7 Å². The Morgan fingerprint density at radius 3 is 2.11 bits per heavy atom. The number of sulfonamides is 1. The number of rotatable bonds is 11. The van der Waals surface area contributed by atoms with Gasteiger partial charge in [0, 0.05) is 57.0 Å². The number of carbonyl (C=O) groups is 2. The molecule has 2 aliphatic heterocycles. The highest BCUT2D eigenvalue weighted by Gasteiger charge is 2.33. The molecule has 1 fully saturated rings. The van der Waals surface area contributed by atoms with Crippen molar-refractivity contribution in [2.45, 2.75) is 30.4 Å². The second kappa shape index (κ2) is 20.0. The molecule has 2 aromatic carbocycles. The Morgan fingerprint density at radius 2 is 1.51 bits per heavy atom. The molecule has 0 radical (unpaired) electrons. The molecule has 15 nitrogen and oxygen atoms in total. The van der Waals surface area contributed by atoms with Crippen LogP contribution in [0.3, 0.4) is 0 Å². The molecule has 53 heavy (non-hydrogen) atoms. The predicted octanol–water partition coefficient (Wildman–Crippen LogP) is 2.63. The number of ether oxygens (including phenoxy) is 7. The second-order valence-electron chi connectivity index (χ2n) is 12.3. The van der Waals surface area contributed by atoms with E-state index in [9.17, 15) is 23.1 Å². The third kappa shape index (κ3) is 10.9. The van der Waals surface area contributed by atoms with Gasteiger partial charge in [-0.1, -0.05) is 18.2 Å². The van der Waals surface area contributed by atoms with Crippen LogP contribution >= 0.6 is 0 Å². The molecule has 2 unspecified atom stereocenters. The van der Waals surface area contributed by atoms with Gasteiger partial charge in [0.05, 0.1) is 83.6 Å². The quantitative estimate of drug-likeness (QED) is 0.305. The zero-order valence-electron chi connectivity index (χ0n) is 30.2. The fourth-order valence-corrected chi connectivity index (χ4v) is 7.53. The van der Waals surface area contributed by atoms with Crippen molar-refractivity contribution in [1.29, 1.82) is 0 Å². The number of nitrogens with zero attached hydrogens (tertiary/aromatic N) is 3. The highest BCUT2D eigenvalue weighted by atomic mass is 32.2. The SMILES string of the molecule is COc1ccc(S(=O)(=O)N(CCO)CCOC2CC(c3cn(C(C)=O)c4ccccc34)C=C(C(=O)N3CCOCCOCCOCCOCC3)O2)cc1. The fourth-order valence-electron chi connectivity index (χ4n) is 6.12. The molecule has 290 valence electrons. The first-order chi connectivity index (χ1) is 25.7. The molecule has 0 saturated carbocycles. The number of carbonyl (C=O) groups excluding carboxylic acids is 2. The molecule has 1 amide bonds. The molecule has 0 spiro atoms. The molecule has 0 aliphatic carbocycles. The van der Waals surface area contributed by atoms with Gasteiger partial charge in [-0.05, 0) is 42.0 Å². The number of aliphatic hydroxyl groups excluding tert-OH is 1. The summed E-state index contributed by atoms with van der Waals surface area (Å²) in [6, 6.07) is 13.5. The Hall–Kier alpha value is -3.87. The smallest absolute Gasteiger partial charge is 0.288 e. The first-order valence-electron chi connectivity index (χ1n) is 17.7. The van der Waals surface area contributed by atoms with Crippen molar-refractivity contribution in [2.75, 3.05) is 99.4 Å². The number of hydrogen-bond acceptors (Lipinski definition) is 12. The van der Waals surface area contributed by atoms with Gasteiger partial charge >= 0.3 is 0 Å². The number of aromatic nitrogens is 1. The zero-order valence-corrected chi connectivity index (χ0v) is 31.0. The number of amides is 1. The summed E-state index contributed by atoms with van der Waals surface area (Å²) in [5.74, 6) is -0.403. The van der Waals surface area contributed by atoms with Gasteiger partial charge in [0.15, 0.2) is 5.76 Å². The summed E-state index contributed by atoms with van der Waals surface area (Å²) >= 11 is 0. The summed E-state index contributed by atoms with van der Waals surface area (Å²) in [5, 5.41) is 10.6. The first-order valence-corrected chi connectivity index (χ1v) is 19.1. The summed E-state index contributed by atoms with van der Waals surface area (Å²) in [6.07, 6.45) is 2.85. The van der Waals surface area contributed by atoms with E-state index in [2.05, 4.69) is 0 Å². The minimum atomic E-state index is -3.99. The molecule has 0 bridgehead atoms. The van der Waals surface area contributed by atoms with Crippen LogP contribution in [0.4, 0.5) is 0 Å². The van der Waals surface area contributed by atoms with Gasteiger partial charge in [0.2, 0.25) is 22.2 Å². The van der Waals surface area contributed by atoms with Crippen LogP contribution in [0, 0.1) is 0 Å². The standard InChI is InChI=1S/C37H49N3O12S/c1-28(42)40-27-33(32-5-3-4-6-34(32)40)29-25-35(37(43)38-12-16-47-19-21-49-23-24-50-22-20-48-17-13-38)52-36(26-29)51-18-14-39(11-15-41)53(44,45)31-9-7-30(46-2)8-10-31/h3-10,25,27,29,36,41H,11-24,26H2,1-2H3. The summed E-state index contributed by atoms with van der Waals surface area (Å²) in [5.41, 5.74) is 1.54. The Morgan fingerprint density at radius 1 is 0.887 bits per heavy atom. The largest absolute Gasteiger partial charge is 0.497 e. The Bertz CT molecular complexity index is 1760. The van der Waals surface area contributed by atoms with E-state index in [-0.39, 0.29) is 69.0 Å². The maximum Gasteiger partial charge on any atom is 0.288 e. The molecule has 5 rings (SSSR count). The van der Waals surface area contributed by atoms with Crippen molar-refractivity contribution in [3.8, 4) is 5.75 Å². The van der Waals surface area contributed by atoms with Crippen molar-refractivity contribution < 1.29 is 56.3 Å². The molecule has 16 heteroatoms. The van der Waals surface area contributed by atoms with Crippen LogP contribution in [0.2, 0.25) is 0 Å². The minimum Gasteiger partial charge on any atom is -0.497 e. The highest BCUT2D eigenvalue weighted by molar-refractivity contribution is 7.89. The second-order valence-corrected chi connectivity index (χ2v) is 14.3. The lowest BCUT2D eigenvalue weighted by Crippen LogP contribution is -2.41. The van der Waals surface area contributed by atoms with Gasteiger partial charge < -0.3 is 43.2 Å². The van der Waals surface area contributed by atoms with E-state index in [1.807, 2.05) is 24.3 Å². The highest BCUT2D eigenvalue weighted by Crippen LogP contribution is 2.37. The van der Waals surface area contributed by atoms with E-state index < -0.39 is 34.7 Å². The molecule has 2 atom stereocenters. The Labute approximate surface area is 309 Å². The van der Waals surface area contributed by atoms with Gasteiger partial charge in [0.1, 0.15) is 5.75 Å². The minimum absolute atomic E-state index is 0.0410. The summed E-state index contributed by atoms with van der Waals surface area (Å²) in [4.78, 5) is 28.4. The average Bonchev–Trinajstić information content (AvgIpc) is 3.56. The number of methoxy groups -OCH3 is 1. The topological polar surface area (TPSA) is 165 Å². The summed E-state index contributed by atoms with van der Waals surface area (Å²) in [7, 11) is -2.50. The number of para-hydroxylation sites is 1. The third-order valence-electron chi connectivity index (χ3n) is 8.86. The Kier molecular flexibility index (Phi) is 15.2. The van der Waals surface area contributed by atoms with Crippen molar-refractivity contribution in [3.05, 3.63) is 72.1 Å². The molecule has 1 saturated heterocycles. The molecule has 1 N–H and O–H groups in total. The molecule has 3 aromatic rings. The zero-order chi connectivity index (χ0) is 37.6. The van der Waals surface area contributed by atoms with Crippen LogP contribution in [0.5, 0.6) is 5.75 Å². The lowest BCUT2D eigenvalue weighted by atomic mass is 9.92. The number of allylic oxidation sites excluding steroid dienone is 1. The van der Waals surface area contributed by atoms with Gasteiger partial charge in [-0.15, -0.1) is 0 Å². The van der Waals surface area contributed by atoms with Crippen LogP contribution in [-0.4, -0.2) is 145 Å². The number of aliphatic hydroxyl groups is 1. The first kappa shape index (κ1) is 40.3. The van der Waals surface area contributed by atoms with Gasteiger partial charge in [-0.2, -0.15) is 4.31 Å².